The monoisotopic (exact) mass is 299 g/mol. The van der Waals surface area contributed by atoms with Gasteiger partial charge in [-0.25, -0.2) is 0 Å². The average molecular weight is 301 g/mol. The quantitative estimate of drug-likeness (QED) is 0.728. The topological polar surface area (TPSA) is 12.9 Å². The molecule has 0 atom stereocenters. The maximum atomic E-state index is 4.48. The lowest BCUT2D eigenvalue weighted by molar-refractivity contribution is 1.23. The van der Waals surface area contributed by atoms with Gasteiger partial charge in [0.15, 0.2) is 0 Å². The fourth-order valence-corrected chi connectivity index (χ4v) is 2.14. The first-order chi connectivity index (χ1) is 6.31. The summed E-state index contributed by atoms with van der Waals surface area (Å²) in [4.78, 5) is 4.48. The summed E-state index contributed by atoms with van der Waals surface area (Å²) in [5, 5.41) is 1.95. The molecule has 0 aliphatic heterocycles. The number of nitrogens with zero attached hydrogens (tertiary/aromatic N) is 1. The van der Waals surface area contributed by atoms with Crippen LogP contribution in [0.15, 0.2) is 34.8 Å². The molecule has 1 aromatic heterocycles. The number of halogens is 2. The molecule has 0 amide bonds. The second-order valence-electron chi connectivity index (χ2n) is 2.75. The van der Waals surface area contributed by atoms with E-state index in [2.05, 4.69) is 42.9 Å². The Morgan fingerprint density at radius 2 is 2.00 bits per heavy atom. The van der Waals surface area contributed by atoms with Crippen LogP contribution in [0.5, 0.6) is 0 Å². The molecule has 0 aliphatic rings. The summed E-state index contributed by atoms with van der Waals surface area (Å²) in [6.07, 6.45) is 0. The standard InChI is InChI=1S/C10H7Br2N/c11-6-7-5-9(12)8-3-1-2-4-10(8)13-7/h1-5H,6H2. The molecule has 3 heteroatoms. The summed E-state index contributed by atoms with van der Waals surface area (Å²) in [7, 11) is 0. The van der Waals surface area contributed by atoms with Crippen LogP contribution in [0.25, 0.3) is 10.9 Å². The molecular weight excluding hydrogens is 294 g/mol. The van der Waals surface area contributed by atoms with E-state index in [0.717, 1.165) is 26.4 Å². The molecule has 0 spiro atoms. The zero-order valence-corrected chi connectivity index (χ0v) is 9.97. The number of hydrogen-bond donors (Lipinski definition) is 0. The van der Waals surface area contributed by atoms with Crippen molar-refractivity contribution in [2.75, 3.05) is 0 Å². The molecule has 0 N–H and O–H groups in total. The maximum Gasteiger partial charge on any atom is 0.0717 e. The van der Waals surface area contributed by atoms with E-state index < -0.39 is 0 Å². The van der Waals surface area contributed by atoms with Gasteiger partial charge in [0.1, 0.15) is 0 Å². The van der Waals surface area contributed by atoms with Crippen LogP contribution < -0.4 is 0 Å². The number of rotatable bonds is 1. The fourth-order valence-electron chi connectivity index (χ4n) is 1.25. The maximum absolute atomic E-state index is 4.48. The lowest BCUT2D eigenvalue weighted by Crippen LogP contribution is -1.86. The van der Waals surface area contributed by atoms with Gasteiger partial charge in [-0.2, -0.15) is 0 Å². The molecule has 0 aliphatic carbocycles. The fraction of sp³-hybridized carbons (Fsp3) is 0.100. The van der Waals surface area contributed by atoms with Crippen LogP contribution in [-0.4, -0.2) is 4.98 Å². The van der Waals surface area contributed by atoms with Crippen molar-refractivity contribution < 1.29 is 0 Å². The lowest BCUT2D eigenvalue weighted by atomic mass is 10.2. The number of alkyl halides is 1. The molecule has 1 aromatic carbocycles. The molecular formula is C10H7Br2N. The van der Waals surface area contributed by atoms with Crippen LogP contribution in [0, 0.1) is 0 Å². The molecule has 66 valence electrons. The number of para-hydroxylation sites is 1. The Morgan fingerprint density at radius 1 is 1.23 bits per heavy atom. The third-order valence-corrected chi connectivity index (χ3v) is 3.09. The molecule has 2 rings (SSSR count). The first-order valence-corrected chi connectivity index (χ1v) is 5.83. The van der Waals surface area contributed by atoms with E-state index in [9.17, 15) is 0 Å². The van der Waals surface area contributed by atoms with Crippen LogP contribution in [0.2, 0.25) is 0 Å². The third-order valence-electron chi connectivity index (χ3n) is 1.86. The van der Waals surface area contributed by atoms with Crippen molar-refractivity contribution in [2.24, 2.45) is 0 Å². The van der Waals surface area contributed by atoms with Crippen molar-refractivity contribution >= 4 is 42.8 Å². The van der Waals surface area contributed by atoms with Crippen LogP contribution in [0.3, 0.4) is 0 Å². The van der Waals surface area contributed by atoms with Gasteiger partial charge in [0, 0.05) is 15.2 Å². The van der Waals surface area contributed by atoms with Gasteiger partial charge < -0.3 is 0 Å². The Kier molecular flexibility index (Phi) is 2.65. The summed E-state index contributed by atoms with van der Waals surface area (Å²) in [5.74, 6) is 0. The van der Waals surface area contributed by atoms with Gasteiger partial charge in [-0.1, -0.05) is 50.1 Å². The van der Waals surface area contributed by atoms with Gasteiger partial charge in [-0.3, -0.25) is 4.98 Å². The van der Waals surface area contributed by atoms with E-state index in [-0.39, 0.29) is 0 Å². The molecule has 0 saturated carbocycles. The zero-order chi connectivity index (χ0) is 9.26. The van der Waals surface area contributed by atoms with Gasteiger partial charge >= 0.3 is 0 Å². The second kappa shape index (κ2) is 3.76. The van der Waals surface area contributed by atoms with Crippen LogP contribution in [-0.2, 0) is 5.33 Å². The number of hydrogen-bond acceptors (Lipinski definition) is 1. The summed E-state index contributed by atoms with van der Waals surface area (Å²) in [5.41, 5.74) is 2.08. The summed E-state index contributed by atoms with van der Waals surface area (Å²) < 4.78 is 1.10. The minimum absolute atomic E-state index is 0.788. The van der Waals surface area contributed by atoms with E-state index >= 15 is 0 Å². The number of fused-ring (bicyclic) bond motifs is 1. The summed E-state index contributed by atoms with van der Waals surface area (Å²) >= 11 is 6.92. The van der Waals surface area contributed by atoms with Gasteiger partial charge in [0.2, 0.25) is 0 Å². The largest absolute Gasteiger partial charge is 0.252 e. The van der Waals surface area contributed by atoms with E-state index in [0.29, 0.717) is 0 Å². The molecule has 1 heterocycles. The smallest absolute Gasteiger partial charge is 0.0717 e. The third kappa shape index (κ3) is 1.76. The number of pyridine rings is 1. The van der Waals surface area contributed by atoms with Gasteiger partial charge in [-0.05, 0) is 12.1 Å². The van der Waals surface area contributed by atoms with Gasteiger partial charge in [0.05, 0.1) is 11.2 Å². The van der Waals surface area contributed by atoms with E-state index in [1.165, 1.54) is 0 Å². The van der Waals surface area contributed by atoms with E-state index in [1.54, 1.807) is 0 Å². The molecule has 2 aromatic rings. The first-order valence-electron chi connectivity index (χ1n) is 3.91. The van der Waals surface area contributed by atoms with Crippen molar-refractivity contribution in [1.29, 1.82) is 0 Å². The Bertz CT molecular complexity index is 440. The highest BCUT2D eigenvalue weighted by atomic mass is 79.9. The molecule has 0 bridgehead atoms. The predicted molar refractivity (Wildman–Crippen MR) is 62.1 cm³/mol. The molecule has 0 radical (unpaired) electrons. The van der Waals surface area contributed by atoms with Crippen molar-refractivity contribution in [2.45, 2.75) is 5.33 Å². The average Bonchev–Trinajstić information content (AvgIpc) is 2.18. The minimum atomic E-state index is 0.788. The van der Waals surface area contributed by atoms with Crippen LogP contribution in [0.1, 0.15) is 5.69 Å². The van der Waals surface area contributed by atoms with Crippen molar-refractivity contribution in [3.8, 4) is 0 Å². The van der Waals surface area contributed by atoms with Crippen molar-refractivity contribution in [1.82, 2.24) is 4.98 Å². The Labute approximate surface area is 93.4 Å². The highest BCUT2D eigenvalue weighted by Gasteiger charge is 2.01. The van der Waals surface area contributed by atoms with Crippen molar-refractivity contribution in [3.63, 3.8) is 0 Å². The van der Waals surface area contributed by atoms with E-state index in [4.69, 9.17) is 0 Å². The Balaban J connectivity index is 2.77. The predicted octanol–water partition coefficient (Wildman–Crippen LogP) is 3.89. The highest BCUT2D eigenvalue weighted by Crippen LogP contribution is 2.23. The molecule has 1 nitrogen and oxygen atoms in total. The van der Waals surface area contributed by atoms with Crippen LogP contribution >= 0.6 is 31.9 Å². The first kappa shape index (κ1) is 9.16. The van der Waals surface area contributed by atoms with Crippen molar-refractivity contribution in [3.05, 3.63) is 40.5 Å². The van der Waals surface area contributed by atoms with E-state index in [1.807, 2.05) is 24.3 Å². The number of benzene rings is 1. The molecule has 13 heavy (non-hydrogen) atoms. The second-order valence-corrected chi connectivity index (χ2v) is 4.16. The highest BCUT2D eigenvalue weighted by molar-refractivity contribution is 9.10. The van der Waals surface area contributed by atoms with Gasteiger partial charge in [0.25, 0.3) is 0 Å². The molecule has 0 unspecified atom stereocenters. The molecule has 0 fully saturated rings. The SMILES string of the molecule is BrCc1cc(Br)c2ccccc2n1. The van der Waals surface area contributed by atoms with Crippen LogP contribution in [0.4, 0.5) is 0 Å². The lowest BCUT2D eigenvalue weighted by Gasteiger charge is -2.02. The molecule has 0 saturated heterocycles. The summed E-state index contributed by atoms with van der Waals surface area (Å²) in [6, 6.07) is 10.1. The minimum Gasteiger partial charge on any atom is -0.252 e. The Hall–Kier alpha value is -0.410. The number of aromatic nitrogens is 1. The zero-order valence-electron chi connectivity index (χ0n) is 6.80. The Morgan fingerprint density at radius 3 is 2.77 bits per heavy atom. The van der Waals surface area contributed by atoms with Gasteiger partial charge in [-0.15, -0.1) is 0 Å². The summed E-state index contributed by atoms with van der Waals surface area (Å²) in [6.45, 7) is 0. The normalized spacial score (nSPS) is 10.6.